The van der Waals surface area contributed by atoms with Gasteiger partial charge in [-0.3, -0.25) is 4.79 Å². The number of hydrogen-bond acceptors (Lipinski definition) is 1. The van der Waals surface area contributed by atoms with Gasteiger partial charge in [0.05, 0.1) is 5.41 Å². The fraction of sp³-hybridized carbons (Fsp3) is 0.316. The zero-order valence-corrected chi connectivity index (χ0v) is 11.9. The quantitative estimate of drug-likeness (QED) is 0.735. The summed E-state index contributed by atoms with van der Waals surface area (Å²) in [6.07, 6.45) is 4.24. The fourth-order valence-electron chi connectivity index (χ4n) is 3.36. The Morgan fingerprint density at radius 3 is 2.10 bits per heavy atom. The van der Waals surface area contributed by atoms with Gasteiger partial charge in [0.15, 0.2) is 5.78 Å². The van der Waals surface area contributed by atoms with Crippen LogP contribution in [0.25, 0.3) is 0 Å². The predicted octanol–water partition coefficient (Wildman–Crippen LogP) is 4.69. The first-order valence-corrected chi connectivity index (χ1v) is 7.39. The van der Waals surface area contributed by atoms with Crippen LogP contribution in [0.2, 0.25) is 0 Å². The molecule has 2 aromatic carbocycles. The average Bonchev–Trinajstić information content (AvgIpc) is 2.99. The fourth-order valence-corrected chi connectivity index (χ4v) is 3.36. The molecule has 1 nitrogen and oxygen atoms in total. The molecule has 102 valence electrons. The van der Waals surface area contributed by atoms with Crippen molar-refractivity contribution in [2.45, 2.75) is 38.0 Å². The molecule has 1 saturated carbocycles. The lowest BCUT2D eigenvalue weighted by atomic mass is 9.73. The molecule has 1 fully saturated rings. The van der Waals surface area contributed by atoms with E-state index in [4.69, 9.17) is 0 Å². The summed E-state index contributed by atoms with van der Waals surface area (Å²) in [6, 6.07) is 18.3. The SMILES string of the molecule is Cc1ccc(C(=O)C2(c3ccccc3)CCCC2)cc1. The predicted molar refractivity (Wildman–Crippen MR) is 82.1 cm³/mol. The second-order valence-corrected chi connectivity index (χ2v) is 5.85. The molecule has 0 saturated heterocycles. The van der Waals surface area contributed by atoms with Crippen LogP contribution in [-0.2, 0) is 5.41 Å². The Bertz CT molecular complexity index is 589. The lowest BCUT2D eigenvalue weighted by molar-refractivity contribution is 0.0886. The lowest BCUT2D eigenvalue weighted by Crippen LogP contribution is -2.33. The van der Waals surface area contributed by atoms with Crippen molar-refractivity contribution in [2.75, 3.05) is 0 Å². The number of carbonyl (C=O) groups excluding carboxylic acids is 1. The van der Waals surface area contributed by atoms with E-state index in [2.05, 4.69) is 19.1 Å². The van der Waals surface area contributed by atoms with Gasteiger partial charge in [-0.25, -0.2) is 0 Å². The zero-order valence-electron chi connectivity index (χ0n) is 11.9. The van der Waals surface area contributed by atoms with Crippen LogP contribution < -0.4 is 0 Å². The molecular formula is C19H20O. The Morgan fingerprint density at radius 2 is 1.50 bits per heavy atom. The minimum atomic E-state index is -0.295. The summed E-state index contributed by atoms with van der Waals surface area (Å²) in [5.41, 5.74) is 2.93. The van der Waals surface area contributed by atoms with Crippen molar-refractivity contribution in [3.63, 3.8) is 0 Å². The minimum absolute atomic E-state index is 0.293. The molecule has 0 N–H and O–H groups in total. The average molecular weight is 264 g/mol. The van der Waals surface area contributed by atoms with E-state index in [0.29, 0.717) is 5.78 Å². The molecule has 0 atom stereocenters. The van der Waals surface area contributed by atoms with Crippen molar-refractivity contribution in [1.82, 2.24) is 0 Å². The smallest absolute Gasteiger partial charge is 0.173 e. The number of carbonyl (C=O) groups is 1. The van der Waals surface area contributed by atoms with E-state index < -0.39 is 0 Å². The standard InChI is InChI=1S/C19H20O/c1-15-9-11-16(12-10-15)18(20)19(13-5-6-14-19)17-7-3-2-4-8-17/h2-4,7-12H,5-6,13-14H2,1H3. The highest BCUT2D eigenvalue weighted by Gasteiger charge is 2.42. The molecule has 0 amide bonds. The van der Waals surface area contributed by atoms with Crippen LogP contribution in [0, 0.1) is 6.92 Å². The number of Topliss-reactive ketones (excluding diaryl/α,β-unsaturated/α-hetero) is 1. The van der Waals surface area contributed by atoms with Gasteiger partial charge in [-0.2, -0.15) is 0 Å². The maximum Gasteiger partial charge on any atom is 0.173 e. The van der Waals surface area contributed by atoms with Gasteiger partial charge >= 0.3 is 0 Å². The molecule has 0 aliphatic heterocycles. The zero-order chi connectivity index (χ0) is 14.0. The van der Waals surface area contributed by atoms with E-state index in [9.17, 15) is 4.79 Å². The Labute approximate surface area is 120 Å². The number of hydrogen-bond donors (Lipinski definition) is 0. The molecule has 0 radical (unpaired) electrons. The van der Waals surface area contributed by atoms with Crippen LogP contribution >= 0.6 is 0 Å². The highest BCUT2D eigenvalue weighted by atomic mass is 16.1. The normalized spacial score (nSPS) is 17.1. The molecule has 0 aromatic heterocycles. The molecule has 2 aromatic rings. The Kier molecular flexibility index (Phi) is 3.43. The molecule has 1 heteroatoms. The second kappa shape index (κ2) is 5.24. The molecule has 0 heterocycles. The first-order chi connectivity index (χ1) is 9.72. The van der Waals surface area contributed by atoms with Gasteiger partial charge in [-0.15, -0.1) is 0 Å². The molecule has 0 spiro atoms. The van der Waals surface area contributed by atoms with E-state index in [1.807, 2.05) is 42.5 Å². The van der Waals surface area contributed by atoms with E-state index in [1.165, 1.54) is 11.1 Å². The largest absolute Gasteiger partial charge is 0.293 e. The van der Waals surface area contributed by atoms with Gasteiger partial charge in [0, 0.05) is 5.56 Å². The van der Waals surface area contributed by atoms with Gasteiger partial charge in [-0.05, 0) is 25.3 Å². The van der Waals surface area contributed by atoms with E-state index >= 15 is 0 Å². The van der Waals surface area contributed by atoms with Crippen LogP contribution in [0.4, 0.5) is 0 Å². The van der Waals surface area contributed by atoms with Crippen molar-refractivity contribution in [3.05, 3.63) is 71.3 Å². The van der Waals surface area contributed by atoms with Crippen LogP contribution in [0.5, 0.6) is 0 Å². The molecule has 0 unspecified atom stereocenters. The van der Waals surface area contributed by atoms with Gasteiger partial charge in [-0.1, -0.05) is 73.0 Å². The number of ketones is 1. The molecular weight excluding hydrogens is 244 g/mol. The van der Waals surface area contributed by atoms with Crippen molar-refractivity contribution >= 4 is 5.78 Å². The molecule has 20 heavy (non-hydrogen) atoms. The van der Waals surface area contributed by atoms with Gasteiger partial charge < -0.3 is 0 Å². The van der Waals surface area contributed by atoms with Crippen LogP contribution in [0.3, 0.4) is 0 Å². The van der Waals surface area contributed by atoms with Gasteiger partial charge in [0.25, 0.3) is 0 Å². The molecule has 1 aliphatic rings. The summed E-state index contributed by atoms with van der Waals surface area (Å²) in [7, 11) is 0. The Morgan fingerprint density at radius 1 is 0.900 bits per heavy atom. The summed E-state index contributed by atoms with van der Waals surface area (Å²) < 4.78 is 0. The topological polar surface area (TPSA) is 17.1 Å². The van der Waals surface area contributed by atoms with Crippen molar-refractivity contribution in [2.24, 2.45) is 0 Å². The third kappa shape index (κ3) is 2.18. The van der Waals surface area contributed by atoms with Crippen molar-refractivity contribution < 1.29 is 4.79 Å². The summed E-state index contributed by atoms with van der Waals surface area (Å²) in [4.78, 5) is 13.1. The summed E-state index contributed by atoms with van der Waals surface area (Å²) in [6.45, 7) is 2.05. The number of benzene rings is 2. The third-order valence-electron chi connectivity index (χ3n) is 4.53. The molecule has 3 rings (SSSR count). The first kappa shape index (κ1) is 13.1. The maximum atomic E-state index is 13.1. The maximum absolute atomic E-state index is 13.1. The Balaban J connectivity index is 2.03. The second-order valence-electron chi connectivity index (χ2n) is 5.85. The highest BCUT2D eigenvalue weighted by molar-refractivity contribution is 6.04. The lowest BCUT2D eigenvalue weighted by Gasteiger charge is -2.28. The minimum Gasteiger partial charge on any atom is -0.293 e. The van der Waals surface area contributed by atoms with Crippen molar-refractivity contribution in [1.29, 1.82) is 0 Å². The van der Waals surface area contributed by atoms with Crippen LogP contribution in [0.1, 0.15) is 47.2 Å². The molecule has 0 bridgehead atoms. The first-order valence-electron chi connectivity index (χ1n) is 7.39. The number of rotatable bonds is 3. The van der Waals surface area contributed by atoms with E-state index in [-0.39, 0.29) is 5.41 Å². The molecule has 1 aliphatic carbocycles. The third-order valence-corrected chi connectivity index (χ3v) is 4.53. The van der Waals surface area contributed by atoms with E-state index in [0.717, 1.165) is 31.2 Å². The summed E-state index contributed by atoms with van der Waals surface area (Å²) in [5, 5.41) is 0. The number of aryl methyl sites for hydroxylation is 1. The van der Waals surface area contributed by atoms with Crippen LogP contribution in [0.15, 0.2) is 54.6 Å². The van der Waals surface area contributed by atoms with E-state index in [1.54, 1.807) is 0 Å². The van der Waals surface area contributed by atoms with Gasteiger partial charge in [0.2, 0.25) is 0 Å². The Hall–Kier alpha value is -1.89. The summed E-state index contributed by atoms with van der Waals surface area (Å²) in [5.74, 6) is 0.293. The van der Waals surface area contributed by atoms with Crippen LogP contribution in [-0.4, -0.2) is 5.78 Å². The highest BCUT2D eigenvalue weighted by Crippen LogP contribution is 2.43. The summed E-state index contributed by atoms with van der Waals surface area (Å²) >= 11 is 0. The van der Waals surface area contributed by atoms with Gasteiger partial charge in [0.1, 0.15) is 0 Å². The van der Waals surface area contributed by atoms with Crippen molar-refractivity contribution in [3.8, 4) is 0 Å². The monoisotopic (exact) mass is 264 g/mol.